The van der Waals surface area contributed by atoms with E-state index in [1.807, 2.05) is 0 Å². The molecule has 0 bridgehead atoms. The first kappa shape index (κ1) is 6.97. The normalized spacial score (nSPS) is 24.9. The van der Waals surface area contributed by atoms with Gasteiger partial charge in [-0.25, -0.2) is 0 Å². The predicted molar refractivity (Wildman–Crippen MR) is 34.4 cm³/mol. The standard InChI is InChI=1S/C2H3N3S.BrH/c3-6-2-1-4-5-6;/h1-3H;1H. The van der Waals surface area contributed by atoms with Crippen molar-refractivity contribution in [3.63, 3.8) is 0 Å². The second-order valence-electron chi connectivity index (χ2n) is 0.797. The number of hydrogen-bond acceptors (Lipinski definition) is 2. The van der Waals surface area contributed by atoms with Gasteiger partial charge in [-0.2, -0.15) is 0 Å². The van der Waals surface area contributed by atoms with E-state index in [0.29, 0.717) is 0 Å². The summed E-state index contributed by atoms with van der Waals surface area (Å²) >= 11 is 0. The molecule has 1 atom stereocenters. The van der Waals surface area contributed by atoms with Crippen molar-refractivity contribution in [2.75, 3.05) is 0 Å². The summed E-state index contributed by atoms with van der Waals surface area (Å²) in [6.07, 6.45) is 1.54. The van der Waals surface area contributed by atoms with E-state index in [1.165, 1.54) is 6.20 Å². The number of nitrogens with zero attached hydrogens (tertiary/aromatic N) is 2. The van der Waals surface area contributed by atoms with Gasteiger partial charge in [-0.15, -0.1) is 26.6 Å². The Kier molecular flexibility index (Phi) is 3.02. The average Bonchev–Trinajstić information content (AvgIpc) is 1.86. The second-order valence-corrected chi connectivity index (χ2v) is 1.86. The fourth-order valence-electron chi connectivity index (χ4n) is 0.190. The SMILES string of the molecule is Br.N=S1C=CN=N1. The van der Waals surface area contributed by atoms with Crippen molar-refractivity contribution in [1.29, 1.82) is 4.78 Å². The highest BCUT2D eigenvalue weighted by Crippen LogP contribution is 1.97. The van der Waals surface area contributed by atoms with Gasteiger partial charge in [0.25, 0.3) is 0 Å². The molecule has 0 radical (unpaired) electrons. The van der Waals surface area contributed by atoms with Gasteiger partial charge in [-0.05, 0) is 0 Å². The van der Waals surface area contributed by atoms with Crippen LogP contribution in [0, 0.1) is 4.78 Å². The fourth-order valence-corrected chi connectivity index (χ4v) is 0.570. The number of rotatable bonds is 0. The summed E-state index contributed by atoms with van der Waals surface area (Å²) in [5.74, 6) is 0. The van der Waals surface area contributed by atoms with Crippen molar-refractivity contribution in [2.24, 2.45) is 9.63 Å². The van der Waals surface area contributed by atoms with Crippen molar-refractivity contribution in [1.82, 2.24) is 0 Å². The predicted octanol–water partition coefficient (Wildman–Crippen LogP) is 1.80. The van der Waals surface area contributed by atoms with E-state index < -0.39 is 10.9 Å². The molecule has 3 nitrogen and oxygen atoms in total. The highest BCUT2D eigenvalue weighted by Gasteiger charge is 1.84. The highest BCUT2D eigenvalue weighted by molar-refractivity contribution is 8.93. The summed E-state index contributed by atoms with van der Waals surface area (Å²) in [5.41, 5.74) is 0. The van der Waals surface area contributed by atoms with E-state index in [2.05, 4.69) is 9.63 Å². The maximum Gasteiger partial charge on any atom is 0.0609 e. The van der Waals surface area contributed by atoms with Crippen LogP contribution in [-0.2, 0) is 10.9 Å². The largest absolute Gasteiger partial charge is 0.254 e. The molecule has 0 aromatic carbocycles. The van der Waals surface area contributed by atoms with Crippen LogP contribution in [0.15, 0.2) is 21.2 Å². The van der Waals surface area contributed by atoms with Gasteiger partial charge in [-0.1, -0.05) is 0 Å². The zero-order valence-electron chi connectivity index (χ0n) is 3.37. The maximum absolute atomic E-state index is 6.81. The third-order valence-electron chi connectivity index (χ3n) is 0.392. The first-order valence-corrected chi connectivity index (χ1v) is 2.66. The minimum absolute atomic E-state index is 0. The van der Waals surface area contributed by atoms with Gasteiger partial charge in [-0.3, -0.25) is 4.78 Å². The van der Waals surface area contributed by atoms with Gasteiger partial charge in [0.2, 0.25) is 0 Å². The van der Waals surface area contributed by atoms with E-state index in [9.17, 15) is 0 Å². The Hall–Kier alpha value is -0.0300. The molecule has 0 saturated heterocycles. The number of halogens is 1. The van der Waals surface area contributed by atoms with Crippen LogP contribution in [0.1, 0.15) is 0 Å². The fraction of sp³-hybridized carbons (Fsp3) is 0. The van der Waals surface area contributed by atoms with Gasteiger partial charge in [0, 0.05) is 5.41 Å². The molecule has 0 saturated carbocycles. The molecule has 5 heteroatoms. The molecule has 0 fully saturated rings. The summed E-state index contributed by atoms with van der Waals surface area (Å²) in [7, 11) is -0.645. The van der Waals surface area contributed by atoms with Crippen LogP contribution in [-0.4, -0.2) is 0 Å². The van der Waals surface area contributed by atoms with Crippen LogP contribution >= 0.6 is 17.0 Å². The lowest BCUT2D eigenvalue weighted by Crippen LogP contribution is -1.58. The summed E-state index contributed by atoms with van der Waals surface area (Å²) in [4.78, 5) is 0. The minimum atomic E-state index is -0.645. The molecule has 1 aliphatic heterocycles. The Morgan fingerprint density at radius 1 is 1.57 bits per heavy atom. The molecule has 40 valence electrons. The lowest BCUT2D eigenvalue weighted by molar-refractivity contribution is 1.36. The minimum Gasteiger partial charge on any atom is -0.254 e. The zero-order valence-corrected chi connectivity index (χ0v) is 5.90. The molecule has 1 rings (SSSR count). The van der Waals surface area contributed by atoms with Crippen molar-refractivity contribution in [2.45, 2.75) is 0 Å². The smallest absolute Gasteiger partial charge is 0.0609 e. The Morgan fingerprint density at radius 2 is 2.29 bits per heavy atom. The van der Waals surface area contributed by atoms with Crippen molar-refractivity contribution >= 4 is 27.9 Å². The van der Waals surface area contributed by atoms with Crippen molar-refractivity contribution < 1.29 is 0 Å². The summed E-state index contributed by atoms with van der Waals surface area (Å²) < 4.78 is 10.3. The van der Waals surface area contributed by atoms with E-state index in [4.69, 9.17) is 4.78 Å². The van der Waals surface area contributed by atoms with Gasteiger partial charge >= 0.3 is 0 Å². The van der Waals surface area contributed by atoms with Gasteiger partial charge in [0.1, 0.15) is 0 Å². The van der Waals surface area contributed by atoms with Gasteiger partial charge in [0.05, 0.1) is 17.1 Å². The highest BCUT2D eigenvalue weighted by atomic mass is 79.9. The van der Waals surface area contributed by atoms with Gasteiger partial charge in [0.15, 0.2) is 0 Å². The molecule has 1 unspecified atom stereocenters. The Balaban J connectivity index is 0.000000360. The molecule has 0 aliphatic carbocycles. The van der Waals surface area contributed by atoms with Crippen molar-refractivity contribution in [3.05, 3.63) is 11.6 Å². The van der Waals surface area contributed by atoms with E-state index >= 15 is 0 Å². The molecule has 0 aromatic rings. The monoisotopic (exact) mass is 181 g/mol. The summed E-state index contributed by atoms with van der Waals surface area (Å²) in [6.45, 7) is 0. The molecule has 0 spiro atoms. The maximum atomic E-state index is 6.81. The molecule has 1 aliphatic rings. The van der Waals surface area contributed by atoms with Crippen LogP contribution in [0.2, 0.25) is 0 Å². The topological polar surface area (TPSA) is 48.6 Å². The van der Waals surface area contributed by atoms with Gasteiger partial charge < -0.3 is 0 Å². The lowest BCUT2D eigenvalue weighted by atomic mass is 11.1. The third-order valence-corrected chi connectivity index (χ3v) is 1.04. The average molecular weight is 182 g/mol. The van der Waals surface area contributed by atoms with Crippen LogP contribution in [0.25, 0.3) is 0 Å². The van der Waals surface area contributed by atoms with Crippen LogP contribution in [0.5, 0.6) is 0 Å². The Labute approximate surface area is 54.3 Å². The molecule has 0 amide bonds. The molecule has 7 heavy (non-hydrogen) atoms. The molecular weight excluding hydrogens is 178 g/mol. The second kappa shape index (κ2) is 3.04. The zero-order chi connectivity index (χ0) is 4.41. The Morgan fingerprint density at radius 3 is 2.43 bits per heavy atom. The quantitative estimate of drug-likeness (QED) is 0.593. The van der Waals surface area contributed by atoms with Crippen LogP contribution in [0.4, 0.5) is 0 Å². The number of hydrogen-bond donors (Lipinski definition) is 1. The summed E-state index contributed by atoms with van der Waals surface area (Å²) in [6, 6.07) is 0. The number of nitrogens with one attached hydrogen (secondary N) is 1. The van der Waals surface area contributed by atoms with Crippen LogP contribution in [0.3, 0.4) is 0 Å². The van der Waals surface area contributed by atoms with E-state index in [-0.39, 0.29) is 17.0 Å². The molecule has 0 aromatic heterocycles. The van der Waals surface area contributed by atoms with Crippen LogP contribution < -0.4 is 0 Å². The first-order valence-electron chi connectivity index (χ1n) is 1.41. The summed E-state index contributed by atoms with van der Waals surface area (Å²) in [5, 5.41) is 5.07. The molecule has 1 heterocycles. The Bertz CT molecular complexity index is 115. The van der Waals surface area contributed by atoms with E-state index in [1.54, 1.807) is 5.41 Å². The molecule has 1 N–H and O–H groups in total. The first-order chi connectivity index (χ1) is 2.89. The molecular formula is C2H4BrN3S. The third kappa shape index (κ3) is 1.94. The van der Waals surface area contributed by atoms with Crippen molar-refractivity contribution in [3.8, 4) is 0 Å². The lowest BCUT2D eigenvalue weighted by Gasteiger charge is -1.68. The van der Waals surface area contributed by atoms with E-state index in [0.717, 1.165) is 0 Å².